The molecule has 0 amide bonds. The summed E-state index contributed by atoms with van der Waals surface area (Å²) in [4.78, 5) is 6.14. The van der Waals surface area contributed by atoms with Crippen LogP contribution in [0.3, 0.4) is 0 Å². The van der Waals surface area contributed by atoms with Gasteiger partial charge < -0.3 is 4.90 Å². The van der Waals surface area contributed by atoms with Gasteiger partial charge in [0, 0.05) is 30.8 Å². The summed E-state index contributed by atoms with van der Waals surface area (Å²) in [6.07, 6.45) is 5.59. The van der Waals surface area contributed by atoms with E-state index in [4.69, 9.17) is 0 Å². The average molecular weight is 238 g/mol. The molecule has 0 atom stereocenters. The zero-order valence-electron chi connectivity index (χ0n) is 10.7. The van der Waals surface area contributed by atoms with E-state index < -0.39 is 0 Å². The first-order valence-corrected chi connectivity index (χ1v) is 6.13. The van der Waals surface area contributed by atoms with Crippen molar-refractivity contribution in [3.63, 3.8) is 0 Å². The van der Waals surface area contributed by atoms with Crippen LogP contribution in [0.4, 0.5) is 5.69 Å². The minimum atomic E-state index is 0.961. The number of benzene rings is 1. The van der Waals surface area contributed by atoms with E-state index in [1.165, 1.54) is 5.56 Å². The quantitative estimate of drug-likeness (QED) is 0.790. The molecule has 2 heteroatoms. The molecular weight excluding hydrogens is 220 g/mol. The molecule has 92 valence electrons. The van der Waals surface area contributed by atoms with Gasteiger partial charge in [-0.1, -0.05) is 36.9 Å². The summed E-state index contributed by atoms with van der Waals surface area (Å²) >= 11 is 0. The number of aromatic nitrogens is 1. The highest BCUT2D eigenvalue weighted by Crippen LogP contribution is 2.18. The number of pyridine rings is 1. The summed E-state index contributed by atoms with van der Waals surface area (Å²) in [5.74, 6) is 0. The number of hydrogen-bond acceptors (Lipinski definition) is 2. The standard InChI is InChI=1S/C16H18N2/c1-14(8-9-15-6-4-3-5-7-15)18(2)16-10-12-17-13-11-16/h3-7,10-13H,1,8-9H2,2H3. The Morgan fingerprint density at radius 2 is 1.78 bits per heavy atom. The second-order valence-corrected chi connectivity index (χ2v) is 4.32. The maximum absolute atomic E-state index is 4.15. The van der Waals surface area contributed by atoms with Crippen LogP contribution in [0, 0.1) is 0 Å². The van der Waals surface area contributed by atoms with E-state index in [0.717, 1.165) is 24.2 Å². The van der Waals surface area contributed by atoms with E-state index in [2.05, 4.69) is 40.7 Å². The first kappa shape index (κ1) is 12.4. The third-order valence-electron chi connectivity index (χ3n) is 3.07. The molecule has 18 heavy (non-hydrogen) atoms. The molecule has 0 radical (unpaired) electrons. The molecule has 2 aromatic rings. The average Bonchev–Trinajstić information content (AvgIpc) is 2.46. The topological polar surface area (TPSA) is 16.1 Å². The number of rotatable bonds is 5. The van der Waals surface area contributed by atoms with E-state index in [9.17, 15) is 0 Å². The summed E-state index contributed by atoms with van der Waals surface area (Å²) in [6, 6.07) is 14.5. The summed E-state index contributed by atoms with van der Waals surface area (Å²) < 4.78 is 0. The second kappa shape index (κ2) is 6.01. The highest BCUT2D eigenvalue weighted by atomic mass is 15.1. The Labute approximate surface area is 109 Å². The van der Waals surface area contributed by atoms with Gasteiger partial charge in [0.2, 0.25) is 0 Å². The Kier molecular flexibility index (Phi) is 4.13. The van der Waals surface area contributed by atoms with Crippen LogP contribution >= 0.6 is 0 Å². The fourth-order valence-electron chi connectivity index (χ4n) is 1.85. The molecule has 1 heterocycles. The lowest BCUT2D eigenvalue weighted by molar-refractivity contribution is 0.891. The molecule has 0 N–H and O–H groups in total. The SMILES string of the molecule is C=C(CCc1ccccc1)N(C)c1ccncc1. The molecule has 1 aromatic heterocycles. The van der Waals surface area contributed by atoms with Crippen molar-refractivity contribution >= 4 is 5.69 Å². The molecule has 0 aliphatic rings. The molecule has 0 aliphatic carbocycles. The highest BCUT2D eigenvalue weighted by molar-refractivity contribution is 5.49. The molecule has 1 aromatic carbocycles. The smallest absolute Gasteiger partial charge is 0.0436 e. The van der Waals surface area contributed by atoms with E-state index in [0.29, 0.717) is 0 Å². The predicted octanol–water partition coefficient (Wildman–Crippen LogP) is 3.66. The third-order valence-corrected chi connectivity index (χ3v) is 3.07. The van der Waals surface area contributed by atoms with Crippen LogP contribution in [-0.2, 0) is 6.42 Å². The summed E-state index contributed by atoms with van der Waals surface area (Å²) in [6.45, 7) is 4.15. The molecule has 0 spiro atoms. The maximum atomic E-state index is 4.15. The lowest BCUT2D eigenvalue weighted by Gasteiger charge is -2.21. The summed E-state index contributed by atoms with van der Waals surface area (Å²) in [5, 5.41) is 0. The Morgan fingerprint density at radius 1 is 1.11 bits per heavy atom. The predicted molar refractivity (Wildman–Crippen MR) is 76.5 cm³/mol. The first-order valence-electron chi connectivity index (χ1n) is 6.13. The van der Waals surface area contributed by atoms with Crippen LogP contribution in [-0.4, -0.2) is 12.0 Å². The Morgan fingerprint density at radius 3 is 2.44 bits per heavy atom. The van der Waals surface area contributed by atoms with Gasteiger partial charge in [-0.05, 0) is 30.5 Å². The van der Waals surface area contributed by atoms with Gasteiger partial charge in [-0.15, -0.1) is 0 Å². The van der Waals surface area contributed by atoms with Crippen LogP contribution in [0.1, 0.15) is 12.0 Å². The van der Waals surface area contributed by atoms with Crippen molar-refractivity contribution in [2.24, 2.45) is 0 Å². The number of hydrogen-bond donors (Lipinski definition) is 0. The molecule has 0 fully saturated rings. The van der Waals surface area contributed by atoms with Gasteiger partial charge in [0.05, 0.1) is 0 Å². The fraction of sp³-hybridized carbons (Fsp3) is 0.188. The highest BCUT2D eigenvalue weighted by Gasteiger charge is 2.04. The van der Waals surface area contributed by atoms with Crippen LogP contribution in [0.2, 0.25) is 0 Å². The van der Waals surface area contributed by atoms with Crippen LogP contribution in [0.25, 0.3) is 0 Å². The third kappa shape index (κ3) is 3.20. The van der Waals surface area contributed by atoms with E-state index in [-0.39, 0.29) is 0 Å². The number of nitrogens with zero attached hydrogens (tertiary/aromatic N) is 2. The maximum Gasteiger partial charge on any atom is 0.0436 e. The minimum absolute atomic E-state index is 0.961. The van der Waals surface area contributed by atoms with Crippen LogP contribution in [0.15, 0.2) is 67.1 Å². The van der Waals surface area contributed by atoms with Crippen molar-refractivity contribution in [1.29, 1.82) is 0 Å². The largest absolute Gasteiger partial charge is 0.349 e. The van der Waals surface area contributed by atoms with Crippen molar-refractivity contribution in [3.05, 3.63) is 72.7 Å². The first-order chi connectivity index (χ1) is 8.77. The van der Waals surface area contributed by atoms with Crippen molar-refractivity contribution in [3.8, 4) is 0 Å². The molecule has 0 bridgehead atoms. The number of anilines is 1. The van der Waals surface area contributed by atoms with Crippen molar-refractivity contribution < 1.29 is 0 Å². The van der Waals surface area contributed by atoms with Crippen molar-refractivity contribution in [1.82, 2.24) is 4.98 Å². The van der Waals surface area contributed by atoms with Gasteiger partial charge in [0.15, 0.2) is 0 Å². The second-order valence-electron chi connectivity index (χ2n) is 4.32. The minimum Gasteiger partial charge on any atom is -0.349 e. The lowest BCUT2D eigenvalue weighted by Crippen LogP contribution is -2.16. The van der Waals surface area contributed by atoms with E-state index in [1.54, 1.807) is 12.4 Å². The summed E-state index contributed by atoms with van der Waals surface area (Å²) in [5.41, 5.74) is 3.59. The molecule has 0 unspecified atom stereocenters. The van der Waals surface area contributed by atoms with Gasteiger partial charge >= 0.3 is 0 Å². The van der Waals surface area contributed by atoms with Gasteiger partial charge in [-0.25, -0.2) is 0 Å². The van der Waals surface area contributed by atoms with Crippen LogP contribution < -0.4 is 4.90 Å². The van der Waals surface area contributed by atoms with E-state index >= 15 is 0 Å². The van der Waals surface area contributed by atoms with Gasteiger partial charge in [0.25, 0.3) is 0 Å². The molecule has 2 rings (SSSR count). The fourth-order valence-corrected chi connectivity index (χ4v) is 1.85. The normalized spacial score (nSPS) is 10.1. The molecule has 0 saturated heterocycles. The van der Waals surface area contributed by atoms with Gasteiger partial charge in [-0.2, -0.15) is 0 Å². The number of allylic oxidation sites excluding steroid dienone is 1. The Balaban J connectivity index is 1.93. The van der Waals surface area contributed by atoms with Gasteiger partial charge in [-0.3, -0.25) is 4.98 Å². The van der Waals surface area contributed by atoms with E-state index in [1.807, 2.05) is 25.2 Å². The lowest BCUT2D eigenvalue weighted by atomic mass is 10.1. The molecule has 0 saturated carbocycles. The Hall–Kier alpha value is -2.09. The molecular formula is C16H18N2. The van der Waals surface area contributed by atoms with Crippen molar-refractivity contribution in [2.45, 2.75) is 12.8 Å². The zero-order chi connectivity index (χ0) is 12.8. The van der Waals surface area contributed by atoms with Gasteiger partial charge in [0.1, 0.15) is 0 Å². The number of aryl methyl sites for hydroxylation is 1. The summed E-state index contributed by atoms with van der Waals surface area (Å²) in [7, 11) is 2.04. The van der Waals surface area contributed by atoms with Crippen LogP contribution in [0.5, 0.6) is 0 Å². The van der Waals surface area contributed by atoms with Crippen molar-refractivity contribution in [2.75, 3.05) is 11.9 Å². The Bertz CT molecular complexity index is 491. The molecule has 0 aliphatic heterocycles. The monoisotopic (exact) mass is 238 g/mol. The zero-order valence-corrected chi connectivity index (χ0v) is 10.7. The molecule has 2 nitrogen and oxygen atoms in total.